The molecule has 3 heteroatoms. The van der Waals surface area contributed by atoms with Crippen LogP contribution in [0.2, 0.25) is 0 Å². The molecule has 1 aromatic rings. The molecule has 0 saturated heterocycles. The molecule has 0 aromatic carbocycles. The Labute approximate surface area is 104 Å². The van der Waals surface area contributed by atoms with Crippen molar-refractivity contribution < 1.29 is 4.74 Å². The van der Waals surface area contributed by atoms with E-state index in [1.54, 1.807) is 6.20 Å². The summed E-state index contributed by atoms with van der Waals surface area (Å²) in [7, 11) is 0. The summed E-state index contributed by atoms with van der Waals surface area (Å²) >= 11 is 0. The summed E-state index contributed by atoms with van der Waals surface area (Å²) in [6.45, 7) is 5.00. The first-order valence-electron chi connectivity index (χ1n) is 6.57. The van der Waals surface area contributed by atoms with Crippen molar-refractivity contribution in [2.75, 3.05) is 6.54 Å². The molecular weight excluding hydrogens is 212 g/mol. The lowest BCUT2D eigenvalue weighted by molar-refractivity contribution is 0.210. The Hall–Kier alpha value is -1.09. The van der Waals surface area contributed by atoms with Crippen LogP contribution in [-0.4, -0.2) is 23.7 Å². The van der Waals surface area contributed by atoms with Crippen LogP contribution in [0.3, 0.4) is 0 Å². The molecule has 0 spiro atoms. The third-order valence-corrected chi connectivity index (χ3v) is 3.27. The van der Waals surface area contributed by atoms with Gasteiger partial charge in [0.2, 0.25) is 0 Å². The molecule has 0 bridgehead atoms. The monoisotopic (exact) mass is 234 g/mol. The third-order valence-electron chi connectivity index (χ3n) is 3.27. The summed E-state index contributed by atoms with van der Waals surface area (Å²) in [5, 5.41) is 3.57. The Morgan fingerprint density at radius 2 is 2.18 bits per heavy atom. The van der Waals surface area contributed by atoms with Gasteiger partial charge in [0.25, 0.3) is 0 Å². The summed E-state index contributed by atoms with van der Waals surface area (Å²) in [5.41, 5.74) is 1.02. The number of aromatic nitrogens is 1. The van der Waals surface area contributed by atoms with Crippen molar-refractivity contribution in [3.63, 3.8) is 0 Å². The number of nitrogens with zero attached hydrogens (tertiary/aromatic N) is 1. The molecule has 1 aliphatic carbocycles. The highest BCUT2D eigenvalue weighted by atomic mass is 16.5. The maximum absolute atomic E-state index is 5.80. The molecule has 0 aliphatic heterocycles. The molecule has 1 unspecified atom stereocenters. The SMILES string of the molecule is Cc1ccc(OC(C)CNC2CCCC2)cn1. The molecule has 1 aromatic heterocycles. The zero-order valence-electron chi connectivity index (χ0n) is 10.8. The molecule has 1 heterocycles. The topological polar surface area (TPSA) is 34.1 Å². The van der Waals surface area contributed by atoms with Gasteiger partial charge >= 0.3 is 0 Å². The largest absolute Gasteiger partial charge is 0.488 e. The van der Waals surface area contributed by atoms with E-state index >= 15 is 0 Å². The first kappa shape index (κ1) is 12.4. The van der Waals surface area contributed by atoms with Crippen molar-refractivity contribution in [1.29, 1.82) is 0 Å². The summed E-state index contributed by atoms with van der Waals surface area (Å²) < 4.78 is 5.80. The van der Waals surface area contributed by atoms with Crippen LogP contribution in [0.1, 0.15) is 38.3 Å². The predicted molar refractivity (Wildman–Crippen MR) is 69.3 cm³/mol. The van der Waals surface area contributed by atoms with Gasteiger partial charge in [-0.2, -0.15) is 0 Å². The van der Waals surface area contributed by atoms with Gasteiger partial charge in [-0.15, -0.1) is 0 Å². The number of hydrogen-bond donors (Lipinski definition) is 1. The fourth-order valence-electron chi connectivity index (χ4n) is 2.26. The predicted octanol–water partition coefficient (Wildman–Crippen LogP) is 2.69. The average Bonchev–Trinajstić information content (AvgIpc) is 2.83. The fourth-order valence-corrected chi connectivity index (χ4v) is 2.26. The standard InChI is InChI=1S/C14H22N2O/c1-11-7-8-14(10-15-11)17-12(2)9-16-13-5-3-4-6-13/h7-8,10,12-13,16H,3-6,9H2,1-2H3. The van der Waals surface area contributed by atoms with Crippen molar-refractivity contribution in [1.82, 2.24) is 10.3 Å². The molecule has 1 fully saturated rings. The number of aryl methyl sites for hydroxylation is 1. The molecule has 0 amide bonds. The number of hydrogen-bond acceptors (Lipinski definition) is 3. The van der Waals surface area contributed by atoms with Crippen LogP contribution in [0.15, 0.2) is 18.3 Å². The van der Waals surface area contributed by atoms with E-state index in [0.717, 1.165) is 18.0 Å². The zero-order valence-corrected chi connectivity index (χ0v) is 10.8. The highest BCUT2D eigenvalue weighted by Crippen LogP contribution is 2.17. The molecular formula is C14H22N2O. The van der Waals surface area contributed by atoms with E-state index in [4.69, 9.17) is 4.74 Å². The van der Waals surface area contributed by atoms with Crippen LogP contribution < -0.4 is 10.1 Å². The van der Waals surface area contributed by atoms with E-state index in [0.29, 0.717) is 6.04 Å². The van der Waals surface area contributed by atoms with Gasteiger partial charge in [0, 0.05) is 18.3 Å². The molecule has 1 aliphatic rings. The Morgan fingerprint density at radius 1 is 1.41 bits per heavy atom. The van der Waals surface area contributed by atoms with E-state index in [-0.39, 0.29) is 6.10 Å². The quantitative estimate of drug-likeness (QED) is 0.850. The molecule has 3 nitrogen and oxygen atoms in total. The highest BCUT2D eigenvalue weighted by molar-refractivity contribution is 5.19. The molecule has 17 heavy (non-hydrogen) atoms. The van der Waals surface area contributed by atoms with Gasteiger partial charge in [0.05, 0.1) is 6.20 Å². The van der Waals surface area contributed by atoms with Crippen molar-refractivity contribution in [2.45, 2.75) is 51.7 Å². The summed E-state index contributed by atoms with van der Waals surface area (Å²) in [5.74, 6) is 0.858. The molecule has 0 radical (unpaired) electrons. The first-order chi connectivity index (χ1) is 8.24. The number of rotatable bonds is 5. The summed E-state index contributed by atoms with van der Waals surface area (Å²) in [6, 6.07) is 4.66. The average molecular weight is 234 g/mol. The Bertz CT molecular complexity index is 331. The van der Waals surface area contributed by atoms with E-state index < -0.39 is 0 Å². The van der Waals surface area contributed by atoms with Crippen molar-refractivity contribution in [3.05, 3.63) is 24.0 Å². The van der Waals surface area contributed by atoms with Crippen LogP contribution in [0.4, 0.5) is 0 Å². The van der Waals surface area contributed by atoms with Crippen LogP contribution in [-0.2, 0) is 0 Å². The van der Waals surface area contributed by atoms with E-state index in [2.05, 4.69) is 17.2 Å². The molecule has 1 saturated carbocycles. The van der Waals surface area contributed by atoms with Crippen LogP contribution >= 0.6 is 0 Å². The number of ether oxygens (including phenoxy) is 1. The molecule has 2 rings (SSSR count). The van der Waals surface area contributed by atoms with Gasteiger partial charge in [0.15, 0.2) is 0 Å². The first-order valence-corrected chi connectivity index (χ1v) is 6.57. The van der Waals surface area contributed by atoms with E-state index in [9.17, 15) is 0 Å². The van der Waals surface area contributed by atoms with E-state index in [1.165, 1.54) is 25.7 Å². The Morgan fingerprint density at radius 3 is 2.82 bits per heavy atom. The van der Waals surface area contributed by atoms with Gasteiger partial charge in [-0.3, -0.25) is 4.98 Å². The smallest absolute Gasteiger partial charge is 0.138 e. The lowest BCUT2D eigenvalue weighted by atomic mass is 10.2. The molecule has 94 valence electrons. The second-order valence-corrected chi connectivity index (χ2v) is 4.95. The van der Waals surface area contributed by atoms with E-state index in [1.807, 2.05) is 19.1 Å². The minimum absolute atomic E-state index is 0.195. The van der Waals surface area contributed by atoms with Crippen LogP contribution in [0.25, 0.3) is 0 Å². The minimum Gasteiger partial charge on any atom is -0.488 e. The maximum atomic E-state index is 5.80. The van der Waals surface area contributed by atoms with Crippen molar-refractivity contribution >= 4 is 0 Å². The lowest BCUT2D eigenvalue weighted by Gasteiger charge is -2.18. The Kier molecular flexibility index (Phi) is 4.37. The lowest BCUT2D eigenvalue weighted by Crippen LogP contribution is -2.35. The fraction of sp³-hybridized carbons (Fsp3) is 0.643. The normalized spacial score (nSPS) is 18.2. The minimum atomic E-state index is 0.195. The second-order valence-electron chi connectivity index (χ2n) is 4.95. The highest BCUT2D eigenvalue weighted by Gasteiger charge is 2.15. The number of nitrogens with one attached hydrogen (secondary N) is 1. The second kappa shape index (κ2) is 6.01. The van der Waals surface area contributed by atoms with Crippen molar-refractivity contribution in [3.8, 4) is 5.75 Å². The summed E-state index contributed by atoms with van der Waals surface area (Å²) in [4.78, 5) is 4.22. The van der Waals surface area contributed by atoms with Gasteiger partial charge in [-0.25, -0.2) is 0 Å². The van der Waals surface area contributed by atoms with Crippen molar-refractivity contribution in [2.24, 2.45) is 0 Å². The van der Waals surface area contributed by atoms with Gasteiger partial charge in [0.1, 0.15) is 11.9 Å². The van der Waals surface area contributed by atoms with Gasteiger partial charge in [-0.1, -0.05) is 12.8 Å². The third kappa shape index (κ3) is 4.00. The van der Waals surface area contributed by atoms with Gasteiger partial charge in [-0.05, 0) is 38.8 Å². The van der Waals surface area contributed by atoms with Gasteiger partial charge < -0.3 is 10.1 Å². The molecule has 1 atom stereocenters. The number of pyridine rings is 1. The zero-order chi connectivity index (χ0) is 12.1. The maximum Gasteiger partial charge on any atom is 0.138 e. The summed E-state index contributed by atoms with van der Waals surface area (Å²) in [6.07, 6.45) is 7.36. The Balaban J connectivity index is 1.72. The van der Waals surface area contributed by atoms with Crippen LogP contribution in [0, 0.1) is 6.92 Å². The van der Waals surface area contributed by atoms with Crippen LogP contribution in [0.5, 0.6) is 5.75 Å². The molecule has 1 N–H and O–H groups in total.